The summed E-state index contributed by atoms with van der Waals surface area (Å²) >= 11 is 0. The van der Waals surface area contributed by atoms with Crippen LogP contribution in [0.15, 0.2) is 6.20 Å². The predicted octanol–water partition coefficient (Wildman–Crippen LogP) is 0.833. The third-order valence-corrected chi connectivity index (χ3v) is 3.12. The highest BCUT2D eigenvalue weighted by Crippen LogP contribution is 2.24. The average Bonchev–Trinajstić information content (AvgIpc) is 2.79. The van der Waals surface area contributed by atoms with E-state index in [4.69, 9.17) is 0 Å². The summed E-state index contributed by atoms with van der Waals surface area (Å²) < 4.78 is 1.75. The zero-order chi connectivity index (χ0) is 12.4. The van der Waals surface area contributed by atoms with Gasteiger partial charge in [0.1, 0.15) is 0 Å². The Labute approximate surface area is 102 Å². The lowest BCUT2D eigenvalue weighted by molar-refractivity contribution is -0.118. The zero-order valence-electron chi connectivity index (χ0n) is 10.7. The Bertz CT molecular complexity index is 413. The number of aryl methyl sites for hydroxylation is 2. The molecule has 1 N–H and O–H groups in total. The van der Waals surface area contributed by atoms with Crippen LogP contribution in [0.2, 0.25) is 0 Å². The molecular formula is C12H20N4O. The molecule has 1 fully saturated rings. The van der Waals surface area contributed by atoms with Crippen LogP contribution < -0.4 is 10.2 Å². The first-order chi connectivity index (χ1) is 8.13. The monoisotopic (exact) mass is 236 g/mol. The number of amides is 1. The molecule has 5 nitrogen and oxygen atoms in total. The highest BCUT2D eigenvalue weighted by molar-refractivity contribution is 5.99. The molecule has 0 aliphatic carbocycles. The number of anilines is 1. The van der Waals surface area contributed by atoms with Crippen molar-refractivity contribution in [1.29, 1.82) is 0 Å². The van der Waals surface area contributed by atoms with Crippen LogP contribution in [0.3, 0.4) is 0 Å². The van der Waals surface area contributed by atoms with Crippen LogP contribution in [0.4, 0.5) is 5.69 Å². The van der Waals surface area contributed by atoms with Crippen LogP contribution in [0.1, 0.15) is 25.5 Å². The fourth-order valence-corrected chi connectivity index (χ4v) is 2.28. The third-order valence-electron chi connectivity index (χ3n) is 3.12. The molecule has 1 atom stereocenters. The number of rotatable bonds is 4. The van der Waals surface area contributed by atoms with Gasteiger partial charge in [0.2, 0.25) is 5.91 Å². The van der Waals surface area contributed by atoms with Gasteiger partial charge in [-0.05, 0) is 26.3 Å². The van der Waals surface area contributed by atoms with Gasteiger partial charge in [0.25, 0.3) is 0 Å². The van der Waals surface area contributed by atoms with Crippen LogP contribution in [0.5, 0.6) is 0 Å². The predicted molar refractivity (Wildman–Crippen MR) is 67.0 cm³/mol. The van der Waals surface area contributed by atoms with E-state index in [1.807, 2.05) is 25.1 Å². The van der Waals surface area contributed by atoms with Gasteiger partial charge in [-0.25, -0.2) is 0 Å². The largest absolute Gasteiger partial charge is 0.308 e. The van der Waals surface area contributed by atoms with Crippen molar-refractivity contribution in [2.24, 2.45) is 7.05 Å². The maximum atomic E-state index is 12.2. The smallest absolute Gasteiger partial charge is 0.244 e. The Kier molecular flexibility index (Phi) is 3.47. The Morgan fingerprint density at radius 3 is 2.94 bits per heavy atom. The molecule has 94 valence electrons. The second-order valence-electron chi connectivity index (χ2n) is 4.56. The van der Waals surface area contributed by atoms with E-state index in [1.165, 1.54) is 0 Å². The minimum absolute atomic E-state index is 0.0189. The third kappa shape index (κ3) is 2.34. The summed E-state index contributed by atoms with van der Waals surface area (Å²) in [4.78, 5) is 14.0. The van der Waals surface area contributed by atoms with Crippen LogP contribution in [-0.4, -0.2) is 34.8 Å². The van der Waals surface area contributed by atoms with E-state index in [0.717, 1.165) is 37.3 Å². The molecule has 0 radical (unpaired) electrons. The van der Waals surface area contributed by atoms with Crippen molar-refractivity contribution in [3.63, 3.8) is 0 Å². The number of hydrogen-bond acceptors (Lipinski definition) is 3. The lowest BCUT2D eigenvalue weighted by Gasteiger charge is -2.15. The van der Waals surface area contributed by atoms with Crippen LogP contribution in [-0.2, 0) is 11.8 Å². The summed E-state index contributed by atoms with van der Waals surface area (Å²) in [5.74, 6) is 0.176. The molecule has 1 saturated heterocycles. The SMILES string of the molecule is CCCNC1CCN(c2cn(C)nc2C)C1=O. The molecule has 1 aliphatic heterocycles. The number of carbonyl (C=O) groups is 1. The van der Waals surface area contributed by atoms with Crippen LogP contribution in [0.25, 0.3) is 0 Å². The molecule has 2 rings (SSSR count). The summed E-state index contributed by atoms with van der Waals surface area (Å²) in [6, 6.07) is -0.0189. The van der Waals surface area contributed by atoms with Crippen molar-refractivity contribution in [2.75, 3.05) is 18.0 Å². The van der Waals surface area contributed by atoms with Gasteiger partial charge in [-0.1, -0.05) is 6.92 Å². The van der Waals surface area contributed by atoms with E-state index in [2.05, 4.69) is 17.3 Å². The second-order valence-corrected chi connectivity index (χ2v) is 4.56. The number of hydrogen-bond donors (Lipinski definition) is 1. The topological polar surface area (TPSA) is 50.2 Å². The second kappa shape index (κ2) is 4.87. The molecule has 0 aromatic carbocycles. The molecule has 1 unspecified atom stereocenters. The first-order valence-electron chi connectivity index (χ1n) is 6.18. The number of nitrogens with one attached hydrogen (secondary N) is 1. The molecular weight excluding hydrogens is 216 g/mol. The average molecular weight is 236 g/mol. The van der Waals surface area contributed by atoms with Gasteiger partial charge in [0, 0.05) is 19.8 Å². The van der Waals surface area contributed by atoms with Crippen molar-refractivity contribution in [1.82, 2.24) is 15.1 Å². The lowest BCUT2D eigenvalue weighted by atomic mass is 10.2. The van der Waals surface area contributed by atoms with Gasteiger partial charge >= 0.3 is 0 Å². The van der Waals surface area contributed by atoms with Gasteiger partial charge < -0.3 is 10.2 Å². The molecule has 1 aliphatic rings. The van der Waals surface area contributed by atoms with Gasteiger partial charge in [0.05, 0.1) is 17.4 Å². The number of nitrogens with zero attached hydrogens (tertiary/aromatic N) is 3. The van der Waals surface area contributed by atoms with E-state index >= 15 is 0 Å². The molecule has 1 aromatic heterocycles. The summed E-state index contributed by atoms with van der Waals surface area (Å²) in [6.07, 6.45) is 3.85. The summed E-state index contributed by atoms with van der Waals surface area (Å²) in [7, 11) is 1.88. The van der Waals surface area contributed by atoms with E-state index < -0.39 is 0 Å². The van der Waals surface area contributed by atoms with Crippen LogP contribution >= 0.6 is 0 Å². The van der Waals surface area contributed by atoms with E-state index in [9.17, 15) is 4.79 Å². The first-order valence-corrected chi connectivity index (χ1v) is 6.18. The fraction of sp³-hybridized carbons (Fsp3) is 0.667. The van der Waals surface area contributed by atoms with Crippen molar-refractivity contribution in [3.05, 3.63) is 11.9 Å². The molecule has 0 spiro atoms. The lowest BCUT2D eigenvalue weighted by Crippen LogP contribution is -2.38. The van der Waals surface area contributed by atoms with E-state index in [-0.39, 0.29) is 11.9 Å². The Balaban J connectivity index is 2.09. The molecule has 1 amide bonds. The van der Waals surface area contributed by atoms with Gasteiger partial charge in [-0.3, -0.25) is 9.48 Å². The van der Waals surface area contributed by atoms with Gasteiger partial charge in [-0.15, -0.1) is 0 Å². The van der Waals surface area contributed by atoms with Crippen molar-refractivity contribution >= 4 is 11.6 Å². The molecule has 1 aromatic rings. The molecule has 17 heavy (non-hydrogen) atoms. The minimum Gasteiger partial charge on any atom is -0.308 e. The highest BCUT2D eigenvalue weighted by Gasteiger charge is 2.33. The maximum Gasteiger partial charge on any atom is 0.244 e. The van der Waals surface area contributed by atoms with Gasteiger partial charge in [0.15, 0.2) is 0 Å². The van der Waals surface area contributed by atoms with Gasteiger partial charge in [-0.2, -0.15) is 5.10 Å². The quantitative estimate of drug-likeness (QED) is 0.842. The summed E-state index contributed by atoms with van der Waals surface area (Å²) in [5.41, 5.74) is 1.86. The molecule has 2 heterocycles. The summed E-state index contributed by atoms with van der Waals surface area (Å²) in [6.45, 7) is 5.73. The Hall–Kier alpha value is -1.36. The number of aromatic nitrogens is 2. The van der Waals surface area contributed by atoms with E-state index in [0.29, 0.717) is 0 Å². The van der Waals surface area contributed by atoms with Crippen LogP contribution in [0, 0.1) is 6.92 Å². The molecule has 0 bridgehead atoms. The molecule has 5 heteroatoms. The minimum atomic E-state index is -0.0189. The van der Waals surface area contributed by atoms with Crippen molar-refractivity contribution < 1.29 is 4.79 Å². The first kappa shape index (κ1) is 12.1. The summed E-state index contributed by atoms with van der Waals surface area (Å²) in [5, 5.41) is 7.57. The van der Waals surface area contributed by atoms with E-state index in [1.54, 1.807) is 4.68 Å². The fourth-order valence-electron chi connectivity index (χ4n) is 2.28. The highest BCUT2D eigenvalue weighted by atomic mass is 16.2. The van der Waals surface area contributed by atoms with Crippen molar-refractivity contribution in [2.45, 2.75) is 32.7 Å². The standard InChI is InChI=1S/C12H20N4O/c1-4-6-13-10-5-7-16(12(10)17)11-8-15(3)14-9(11)2/h8,10,13H,4-7H2,1-3H3. The Morgan fingerprint density at radius 2 is 2.35 bits per heavy atom. The maximum absolute atomic E-state index is 12.2. The van der Waals surface area contributed by atoms with Crippen molar-refractivity contribution in [3.8, 4) is 0 Å². The zero-order valence-corrected chi connectivity index (χ0v) is 10.7. The Morgan fingerprint density at radius 1 is 1.59 bits per heavy atom. The normalized spacial score (nSPS) is 20.3. The number of carbonyl (C=O) groups excluding carboxylic acids is 1. The molecule has 0 saturated carbocycles.